The van der Waals surface area contributed by atoms with Gasteiger partial charge in [0.05, 0.1) is 23.8 Å². The van der Waals surface area contributed by atoms with Gasteiger partial charge in [0.15, 0.2) is 0 Å². The van der Waals surface area contributed by atoms with Crippen LogP contribution in [-0.2, 0) is 25.4 Å². The number of carbonyl (C=O) groups is 1. The van der Waals surface area contributed by atoms with Gasteiger partial charge in [0.2, 0.25) is 5.91 Å². The van der Waals surface area contributed by atoms with Crippen LogP contribution >= 0.6 is 0 Å². The maximum Gasteiger partial charge on any atom is 0.234 e. The fraction of sp³-hybridized carbons (Fsp3) is 0.588. The largest absolute Gasteiger partial charge is 0.337 e. The maximum atomic E-state index is 13.1. The molecular weight excluding hydrogens is 304 g/mol. The Balaban J connectivity index is 1.50. The number of carbonyl (C=O) groups excluding carboxylic acids is 1. The van der Waals surface area contributed by atoms with E-state index in [4.69, 9.17) is 0 Å². The molecule has 2 fully saturated rings. The molecule has 0 aromatic carbocycles. The zero-order chi connectivity index (χ0) is 16.7. The van der Waals surface area contributed by atoms with Crippen LogP contribution in [0, 0.1) is 5.41 Å². The quantitative estimate of drug-likeness (QED) is 0.849. The number of anilines is 1. The minimum absolute atomic E-state index is 0.237. The van der Waals surface area contributed by atoms with Gasteiger partial charge in [-0.15, -0.1) is 0 Å². The van der Waals surface area contributed by atoms with Crippen molar-refractivity contribution in [2.24, 2.45) is 19.5 Å². The van der Waals surface area contributed by atoms with Gasteiger partial charge in [0.1, 0.15) is 5.82 Å². The number of nitrogens with zero attached hydrogens (tertiary/aromatic N) is 6. The number of piperidine rings is 1. The smallest absolute Gasteiger partial charge is 0.234 e. The lowest BCUT2D eigenvalue weighted by Gasteiger charge is -2.38. The number of imidazole rings is 1. The summed E-state index contributed by atoms with van der Waals surface area (Å²) in [7, 11) is 3.90. The molecular formula is C17H24N6O. The second kappa shape index (κ2) is 5.73. The number of amides is 1. The molecule has 2 aliphatic heterocycles. The molecule has 2 aromatic heterocycles. The van der Waals surface area contributed by atoms with E-state index in [1.165, 1.54) is 0 Å². The van der Waals surface area contributed by atoms with Crippen LogP contribution in [0.25, 0.3) is 0 Å². The highest BCUT2D eigenvalue weighted by atomic mass is 16.2. The lowest BCUT2D eigenvalue weighted by atomic mass is 9.78. The van der Waals surface area contributed by atoms with Crippen molar-refractivity contribution in [3.8, 4) is 0 Å². The highest BCUT2D eigenvalue weighted by molar-refractivity contribution is 6.00. The van der Waals surface area contributed by atoms with E-state index in [1.807, 2.05) is 37.6 Å². The lowest BCUT2D eigenvalue weighted by molar-refractivity contribution is -0.128. The zero-order valence-corrected chi connectivity index (χ0v) is 14.4. The summed E-state index contributed by atoms with van der Waals surface area (Å²) in [6, 6.07) is 0. The molecule has 4 rings (SSSR count). The standard InChI is InChI=1S/C17H24N6O/c1-20-9-6-18-15(20)12-22-7-3-4-17(13-22)5-8-23(16(17)24)14-10-19-21(2)11-14/h6,9-11H,3-5,7-8,12-13H2,1-2H3. The Hall–Kier alpha value is -2.15. The first-order chi connectivity index (χ1) is 11.6. The molecule has 2 aromatic rings. The summed E-state index contributed by atoms with van der Waals surface area (Å²) in [5.41, 5.74) is 0.680. The summed E-state index contributed by atoms with van der Waals surface area (Å²) >= 11 is 0. The van der Waals surface area contributed by atoms with Crippen molar-refractivity contribution in [3.05, 3.63) is 30.6 Å². The van der Waals surface area contributed by atoms with Crippen molar-refractivity contribution in [1.29, 1.82) is 0 Å². The summed E-state index contributed by atoms with van der Waals surface area (Å²) in [5.74, 6) is 1.32. The van der Waals surface area contributed by atoms with E-state index in [-0.39, 0.29) is 11.3 Å². The van der Waals surface area contributed by atoms with E-state index < -0.39 is 0 Å². The van der Waals surface area contributed by atoms with Gasteiger partial charge in [-0.05, 0) is 25.8 Å². The number of aromatic nitrogens is 4. The lowest BCUT2D eigenvalue weighted by Crippen LogP contribution is -2.47. The number of hydrogen-bond acceptors (Lipinski definition) is 4. The van der Waals surface area contributed by atoms with Crippen LogP contribution < -0.4 is 4.90 Å². The van der Waals surface area contributed by atoms with E-state index in [0.29, 0.717) is 0 Å². The average molecular weight is 328 g/mol. The molecule has 0 saturated carbocycles. The van der Waals surface area contributed by atoms with Gasteiger partial charge in [0, 0.05) is 45.8 Å². The van der Waals surface area contributed by atoms with Gasteiger partial charge in [0.25, 0.3) is 0 Å². The third-order valence-electron chi connectivity index (χ3n) is 5.46. The molecule has 0 aliphatic carbocycles. The molecule has 1 atom stereocenters. The van der Waals surface area contributed by atoms with Crippen molar-refractivity contribution < 1.29 is 4.79 Å². The molecule has 0 bridgehead atoms. The highest BCUT2D eigenvalue weighted by Crippen LogP contribution is 2.41. The molecule has 1 spiro atoms. The first kappa shape index (κ1) is 15.4. The van der Waals surface area contributed by atoms with Crippen molar-refractivity contribution in [3.63, 3.8) is 0 Å². The Labute approximate surface area is 141 Å². The van der Waals surface area contributed by atoms with E-state index in [1.54, 1.807) is 10.9 Å². The SMILES string of the molecule is Cn1cc(N2CCC3(CCCN(Cc4nccn4C)C3)C2=O)cn1. The fourth-order valence-corrected chi connectivity index (χ4v) is 4.10. The second-order valence-corrected chi connectivity index (χ2v) is 7.13. The zero-order valence-electron chi connectivity index (χ0n) is 14.4. The number of aryl methyl sites for hydroxylation is 2. The fourth-order valence-electron chi connectivity index (χ4n) is 4.10. The van der Waals surface area contributed by atoms with Crippen molar-refractivity contribution >= 4 is 11.6 Å². The molecule has 7 heteroatoms. The Morgan fingerprint density at radius 3 is 2.83 bits per heavy atom. The third-order valence-corrected chi connectivity index (χ3v) is 5.46. The molecule has 2 aliphatic rings. The molecule has 4 heterocycles. The summed E-state index contributed by atoms with van der Waals surface area (Å²) in [6.45, 7) is 3.47. The van der Waals surface area contributed by atoms with Gasteiger partial charge in [-0.3, -0.25) is 14.4 Å². The van der Waals surface area contributed by atoms with Gasteiger partial charge in [-0.1, -0.05) is 0 Å². The molecule has 24 heavy (non-hydrogen) atoms. The van der Waals surface area contributed by atoms with Crippen molar-refractivity contribution in [2.45, 2.75) is 25.8 Å². The van der Waals surface area contributed by atoms with Crippen molar-refractivity contribution in [2.75, 3.05) is 24.5 Å². The third kappa shape index (κ3) is 2.53. The normalized spacial score (nSPS) is 25.1. The Morgan fingerprint density at radius 1 is 1.25 bits per heavy atom. The average Bonchev–Trinajstić information content (AvgIpc) is 3.24. The Bertz CT molecular complexity index is 750. The van der Waals surface area contributed by atoms with Gasteiger partial charge >= 0.3 is 0 Å². The van der Waals surface area contributed by atoms with Gasteiger partial charge in [-0.25, -0.2) is 4.98 Å². The first-order valence-electron chi connectivity index (χ1n) is 8.57. The molecule has 2 saturated heterocycles. The topological polar surface area (TPSA) is 59.2 Å². The van der Waals surface area contributed by atoms with E-state index in [0.717, 1.165) is 57.0 Å². The number of likely N-dealkylation sites (tertiary alicyclic amines) is 1. The van der Waals surface area contributed by atoms with Gasteiger partial charge < -0.3 is 9.47 Å². The van der Waals surface area contributed by atoms with Crippen LogP contribution in [0.4, 0.5) is 5.69 Å². The predicted octanol–water partition coefficient (Wildman–Crippen LogP) is 1.17. The van der Waals surface area contributed by atoms with Crippen molar-refractivity contribution in [1.82, 2.24) is 24.2 Å². The summed E-state index contributed by atoms with van der Waals surface area (Å²) < 4.78 is 3.81. The minimum atomic E-state index is -0.237. The van der Waals surface area contributed by atoms with E-state index in [9.17, 15) is 4.79 Å². The second-order valence-electron chi connectivity index (χ2n) is 7.13. The van der Waals surface area contributed by atoms with Crippen LogP contribution in [-0.4, -0.2) is 49.8 Å². The summed E-state index contributed by atoms with van der Waals surface area (Å²) in [4.78, 5) is 21.9. The minimum Gasteiger partial charge on any atom is -0.337 e. The summed E-state index contributed by atoms with van der Waals surface area (Å²) in [6.07, 6.45) is 10.5. The molecule has 0 N–H and O–H groups in total. The Kier molecular flexibility index (Phi) is 3.68. The predicted molar refractivity (Wildman–Crippen MR) is 90.3 cm³/mol. The molecule has 7 nitrogen and oxygen atoms in total. The summed E-state index contributed by atoms with van der Waals surface area (Å²) in [5, 5.41) is 4.21. The first-order valence-corrected chi connectivity index (χ1v) is 8.57. The van der Waals surface area contributed by atoms with E-state index in [2.05, 4.69) is 19.5 Å². The van der Waals surface area contributed by atoms with E-state index >= 15 is 0 Å². The van der Waals surface area contributed by atoms with Crippen LogP contribution in [0.2, 0.25) is 0 Å². The van der Waals surface area contributed by atoms with Gasteiger partial charge in [-0.2, -0.15) is 5.10 Å². The number of rotatable bonds is 3. The monoisotopic (exact) mass is 328 g/mol. The molecule has 128 valence electrons. The Morgan fingerprint density at radius 2 is 2.12 bits per heavy atom. The van der Waals surface area contributed by atoms with Crippen LogP contribution in [0.15, 0.2) is 24.8 Å². The van der Waals surface area contributed by atoms with Crippen LogP contribution in [0.1, 0.15) is 25.1 Å². The molecule has 0 radical (unpaired) electrons. The molecule has 1 unspecified atom stereocenters. The molecule has 1 amide bonds. The van der Waals surface area contributed by atoms with Crippen LogP contribution in [0.3, 0.4) is 0 Å². The highest BCUT2D eigenvalue weighted by Gasteiger charge is 2.49. The number of hydrogen-bond donors (Lipinski definition) is 0. The van der Waals surface area contributed by atoms with Crippen LogP contribution in [0.5, 0.6) is 0 Å². The maximum absolute atomic E-state index is 13.1.